The summed E-state index contributed by atoms with van der Waals surface area (Å²) in [6, 6.07) is 6.93. The smallest absolute Gasteiger partial charge is 0.144 e. The van der Waals surface area contributed by atoms with Crippen molar-refractivity contribution in [2.75, 3.05) is 25.0 Å². The van der Waals surface area contributed by atoms with Crippen LogP contribution >= 0.6 is 0 Å². The molecule has 4 atom stereocenters. The molecule has 0 aromatic carbocycles. The molecule has 2 aliphatic heterocycles. The van der Waals surface area contributed by atoms with E-state index in [1.165, 1.54) is 25.9 Å². The highest BCUT2D eigenvalue weighted by Gasteiger charge is 2.56. The average Bonchev–Trinajstić information content (AvgIpc) is 3.23. The second-order valence-corrected chi connectivity index (χ2v) is 7.59. The summed E-state index contributed by atoms with van der Waals surface area (Å²) in [6.07, 6.45) is 4.04. The molecule has 5 nitrogen and oxygen atoms in total. The van der Waals surface area contributed by atoms with Gasteiger partial charge in [0.2, 0.25) is 0 Å². The fourth-order valence-corrected chi connectivity index (χ4v) is 4.50. The molecular formula is C19H26N4O. The summed E-state index contributed by atoms with van der Waals surface area (Å²) < 4.78 is 6.00. The molecule has 0 radical (unpaired) electrons. The molecule has 1 aromatic heterocycles. The third kappa shape index (κ3) is 2.58. The molecule has 4 rings (SSSR count). The van der Waals surface area contributed by atoms with Gasteiger partial charge in [0, 0.05) is 18.2 Å². The predicted octanol–water partition coefficient (Wildman–Crippen LogP) is 2.74. The Morgan fingerprint density at radius 3 is 2.83 bits per heavy atom. The van der Waals surface area contributed by atoms with Crippen LogP contribution < -0.4 is 5.32 Å². The van der Waals surface area contributed by atoms with Crippen molar-refractivity contribution in [3.63, 3.8) is 0 Å². The van der Waals surface area contributed by atoms with E-state index in [0.29, 0.717) is 35.6 Å². The number of pyridine rings is 1. The van der Waals surface area contributed by atoms with Gasteiger partial charge >= 0.3 is 0 Å². The maximum atomic E-state index is 9.45. The Morgan fingerprint density at radius 1 is 1.33 bits per heavy atom. The van der Waals surface area contributed by atoms with Crippen molar-refractivity contribution < 1.29 is 4.74 Å². The van der Waals surface area contributed by atoms with Crippen molar-refractivity contribution >= 4 is 5.82 Å². The number of hydrogen-bond donors (Lipinski definition) is 1. The summed E-state index contributed by atoms with van der Waals surface area (Å²) in [4.78, 5) is 7.32. The van der Waals surface area contributed by atoms with Gasteiger partial charge in [-0.3, -0.25) is 4.90 Å². The van der Waals surface area contributed by atoms with E-state index in [4.69, 9.17) is 9.72 Å². The molecule has 0 bridgehead atoms. The Kier molecular flexibility index (Phi) is 4.19. The maximum absolute atomic E-state index is 9.45. The van der Waals surface area contributed by atoms with Gasteiger partial charge < -0.3 is 10.1 Å². The van der Waals surface area contributed by atoms with Crippen LogP contribution in [0.4, 0.5) is 5.82 Å². The maximum Gasteiger partial charge on any atom is 0.144 e. The highest BCUT2D eigenvalue weighted by molar-refractivity contribution is 5.54. The van der Waals surface area contributed by atoms with E-state index in [1.807, 2.05) is 12.1 Å². The molecule has 1 aromatic rings. The minimum Gasteiger partial charge on any atom is -0.376 e. The van der Waals surface area contributed by atoms with E-state index in [1.54, 1.807) is 0 Å². The number of aromatic nitrogens is 1. The van der Waals surface area contributed by atoms with Crippen molar-refractivity contribution in [1.29, 1.82) is 5.26 Å². The Bertz CT molecular complexity index is 643. The Labute approximate surface area is 144 Å². The average molecular weight is 326 g/mol. The third-order valence-electron chi connectivity index (χ3n) is 5.84. The van der Waals surface area contributed by atoms with Gasteiger partial charge in [-0.1, -0.05) is 13.8 Å². The lowest BCUT2D eigenvalue weighted by Crippen LogP contribution is -2.67. The monoisotopic (exact) mass is 326 g/mol. The zero-order valence-corrected chi connectivity index (χ0v) is 14.5. The standard InChI is InChI=1S/C19H26N4O/c1-12(2)15-6-5-13(11-20)19(21-15)22-16-14-7-10-24-18(14)17(16)23-8-3-4-9-23/h5-6,12,14,16-18H,3-4,7-10H2,1-2H3,(H,21,22)/t14-,16+,17-,18-/m1/s1. The predicted molar refractivity (Wildman–Crippen MR) is 92.9 cm³/mol. The van der Waals surface area contributed by atoms with Crippen molar-refractivity contribution in [2.45, 2.75) is 57.2 Å². The third-order valence-corrected chi connectivity index (χ3v) is 5.84. The number of rotatable bonds is 4. The van der Waals surface area contributed by atoms with Crippen LogP contribution in [0.3, 0.4) is 0 Å². The number of fused-ring (bicyclic) bond motifs is 1. The Hall–Kier alpha value is -1.64. The lowest BCUT2D eigenvalue weighted by Gasteiger charge is -2.52. The van der Waals surface area contributed by atoms with Crippen LogP contribution in [0.15, 0.2) is 12.1 Å². The lowest BCUT2D eigenvalue weighted by molar-refractivity contribution is -0.0604. The number of anilines is 1. The van der Waals surface area contributed by atoms with Gasteiger partial charge in [-0.05, 0) is 50.4 Å². The molecule has 0 unspecified atom stereocenters. The van der Waals surface area contributed by atoms with Crippen molar-refractivity contribution in [2.24, 2.45) is 5.92 Å². The Morgan fingerprint density at radius 2 is 2.12 bits per heavy atom. The summed E-state index contributed by atoms with van der Waals surface area (Å²) in [5.41, 5.74) is 1.68. The zero-order valence-electron chi connectivity index (χ0n) is 14.5. The quantitative estimate of drug-likeness (QED) is 0.922. The second-order valence-electron chi connectivity index (χ2n) is 7.59. The van der Waals surface area contributed by atoms with Crippen LogP contribution in [0, 0.1) is 17.2 Å². The Balaban J connectivity index is 1.59. The molecule has 1 N–H and O–H groups in total. The molecule has 128 valence electrons. The molecule has 0 spiro atoms. The molecule has 24 heavy (non-hydrogen) atoms. The van der Waals surface area contributed by atoms with Gasteiger partial charge in [0.25, 0.3) is 0 Å². The lowest BCUT2D eigenvalue weighted by atomic mass is 9.70. The van der Waals surface area contributed by atoms with Gasteiger partial charge in [-0.2, -0.15) is 5.26 Å². The first-order valence-electron chi connectivity index (χ1n) is 9.22. The summed E-state index contributed by atoms with van der Waals surface area (Å²) in [6.45, 7) is 7.47. The van der Waals surface area contributed by atoms with Crippen molar-refractivity contribution in [3.8, 4) is 6.07 Å². The number of nitriles is 1. The van der Waals surface area contributed by atoms with E-state index >= 15 is 0 Å². The highest BCUT2D eigenvalue weighted by atomic mass is 16.5. The van der Waals surface area contributed by atoms with Gasteiger partial charge in [-0.25, -0.2) is 4.98 Å². The van der Waals surface area contributed by atoms with E-state index in [9.17, 15) is 5.26 Å². The summed E-state index contributed by atoms with van der Waals surface area (Å²) in [5, 5.41) is 13.1. The number of hydrogen-bond acceptors (Lipinski definition) is 5. The normalized spacial score (nSPS) is 32.4. The number of likely N-dealkylation sites (tertiary alicyclic amines) is 1. The van der Waals surface area contributed by atoms with Gasteiger partial charge in [0.05, 0.1) is 23.8 Å². The number of nitrogens with zero attached hydrogens (tertiary/aromatic N) is 3. The van der Waals surface area contributed by atoms with E-state index in [2.05, 4.69) is 30.1 Å². The van der Waals surface area contributed by atoms with E-state index < -0.39 is 0 Å². The molecule has 3 aliphatic rings. The van der Waals surface area contributed by atoms with Crippen LogP contribution in [0.5, 0.6) is 0 Å². The first-order valence-corrected chi connectivity index (χ1v) is 9.22. The SMILES string of the molecule is CC(C)c1ccc(C#N)c(N[C@H]2[C@H]3CCO[C@H]3[C@@H]2N2CCCC2)n1. The molecule has 1 aliphatic carbocycles. The molecule has 5 heteroatoms. The fourth-order valence-electron chi connectivity index (χ4n) is 4.50. The second kappa shape index (κ2) is 6.34. The summed E-state index contributed by atoms with van der Waals surface area (Å²) in [7, 11) is 0. The van der Waals surface area contributed by atoms with Crippen LogP contribution in [0.25, 0.3) is 0 Å². The van der Waals surface area contributed by atoms with Crippen molar-refractivity contribution in [1.82, 2.24) is 9.88 Å². The molecular weight excluding hydrogens is 300 g/mol. The highest BCUT2D eigenvalue weighted by Crippen LogP contribution is 2.44. The summed E-state index contributed by atoms with van der Waals surface area (Å²) >= 11 is 0. The van der Waals surface area contributed by atoms with Crippen LogP contribution in [-0.4, -0.2) is 47.8 Å². The minimum atomic E-state index is 0.345. The molecule has 1 saturated carbocycles. The molecule has 3 fully saturated rings. The van der Waals surface area contributed by atoms with E-state index in [-0.39, 0.29) is 0 Å². The molecule has 3 heterocycles. The van der Waals surface area contributed by atoms with E-state index in [0.717, 1.165) is 24.5 Å². The van der Waals surface area contributed by atoms with Crippen LogP contribution in [-0.2, 0) is 4.74 Å². The largest absolute Gasteiger partial charge is 0.376 e. The van der Waals surface area contributed by atoms with Gasteiger partial charge in [0.15, 0.2) is 0 Å². The van der Waals surface area contributed by atoms with Gasteiger partial charge in [-0.15, -0.1) is 0 Å². The number of ether oxygens (including phenoxy) is 1. The fraction of sp³-hybridized carbons (Fsp3) is 0.684. The zero-order chi connectivity index (χ0) is 16.7. The van der Waals surface area contributed by atoms with Crippen LogP contribution in [0.1, 0.15) is 50.3 Å². The first kappa shape index (κ1) is 15.9. The first-order chi connectivity index (χ1) is 11.7. The van der Waals surface area contributed by atoms with Crippen LogP contribution in [0.2, 0.25) is 0 Å². The molecule has 0 amide bonds. The van der Waals surface area contributed by atoms with Crippen molar-refractivity contribution in [3.05, 3.63) is 23.4 Å². The molecule has 2 saturated heterocycles. The van der Waals surface area contributed by atoms with Gasteiger partial charge in [0.1, 0.15) is 11.9 Å². The minimum absolute atomic E-state index is 0.345. The summed E-state index contributed by atoms with van der Waals surface area (Å²) in [5.74, 6) is 1.66. The number of nitrogens with one attached hydrogen (secondary N) is 1. The topological polar surface area (TPSA) is 61.2 Å².